The van der Waals surface area contributed by atoms with Gasteiger partial charge in [0.05, 0.1) is 6.61 Å². The van der Waals surface area contributed by atoms with E-state index in [0.29, 0.717) is 13.0 Å². The highest BCUT2D eigenvalue weighted by molar-refractivity contribution is 5.85. The Morgan fingerprint density at radius 3 is 2.69 bits per heavy atom. The van der Waals surface area contributed by atoms with Crippen LogP contribution in [0.2, 0.25) is 0 Å². The van der Waals surface area contributed by atoms with Crippen molar-refractivity contribution in [1.29, 1.82) is 0 Å². The molecule has 4 heteroatoms. The second-order valence-corrected chi connectivity index (χ2v) is 3.34. The number of carbonyl (C=O) groups excluding carboxylic acids is 1. The van der Waals surface area contributed by atoms with Crippen LogP contribution in [0.5, 0.6) is 0 Å². The lowest BCUT2D eigenvalue weighted by Gasteiger charge is -2.02. The van der Waals surface area contributed by atoms with Crippen molar-refractivity contribution in [3.05, 3.63) is 35.9 Å². The highest BCUT2D eigenvalue weighted by atomic mass is 16.5. The van der Waals surface area contributed by atoms with Crippen LogP contribution in [0.3, 0.4) is 0 Å². The summed E-state index contributed by atoms with van der Waals surface area (Å²) in [5.41, 5.74) is 4.32. The van der Waals surface area contributed by atoms with E-state index in [4.69, 9.17) is 0 Å². The molecule has 1 aromatic rings. The molecule has 0 bridgehead atoms. The summed E-state index contributed by atoms with van der Waals surface area (Å²) in [6.45, 7) is 3.96. The number of nitrogens with zero attached hydrogens (tertiary/aromatic N) is 1. The molecule has 1 rings (SSSR count). The molecule has 0 unspecified atom stereocenters. The van der Waals surface area contributed by atoms with E-state index in [9.17, 15) is 4.79 Å². The molecule has 0 aliphatic heterocycles. The first-order valence-corrected chi connectivity index (χ1v) is 5.22. The van der Waals surface area contributed by atoms with Crippen molar-refractivity contribution in [1.82, 2.24) is 5.43 Å². The van der Waals surface area contributed by atoms with Gasteiger partial charge in [-0.3, -0.25) is 0 Å². The first-order chi connectivity index (χ1) is 7.72. The first kappa shape index (κ1) is 12.2. The van der Waals surface area contributed by atoms with Crippen LogP contribution in [0.4, 0.5) is 4.79 Å². The van der Waals surface area contributed by atoms with Crippen LogP contribution < -0.4 is 5.43 Å². The van der Waals surface area contributed by atoms with Gasteiger partial charge in [0.25, 0.3) is 0 Å². The van der Waals surface area contributed by atoms with Crippen molar-refractivity contribution >= 4 is 11.8 Å². The number of benzene rings is 1. The van der Waals surface area contributed by atoms with Crippen LogP contribution in [0.15, 0.2) is 35.4 Å². The highest BCUT2D eigenvalue weighted by Gasteiger charge is 1.99. The summed E-state index contributed by atoms with van der Waals surface area (Å²) in [7, 11) is 0. The Morgan fingerprint density at radius 2 is 2.06 bits per heavy atom. The van der Waals surface area contributed by atoms with Crippen LogP contribution in [-0.2, 0) is 11.2 Å². The average Bonchev–Trinajstić information content (AvgIpc) is 2.28. The van der Waals surface area contributed by atoms with Gasteiger partial charge in [-0.2, -0.15) is 5.10 Å². The minimum Gasteiger partial charge on any atom is -0.449 e. The summed E-state index contributed by atoms with van der Waals surface area (Å²) in [4.78, 5) is 11.0. The number of nitrogens with one attached hydrogen (secondary N) is 1. The Kier molecular flexibility index (Phi) is 5.05. The lowest BCUT2D eigenvalue weighted by atomic mass is 10.1. The summed E-state index contributed by atoms with van der Waals surface area (Å²) in [5.74, 6) is 0. The topological polar surface area (TPSA) is 50.7 Å². The van der Waals surface area contributed by atoms with E-state index in [0.717, 1.165) is 11.3 Å². The Hall–Kier alpha value is -1.84. The number of hydrogen-bond donors (Lipinski definition) is 1. The van der Waals surface area contributed by atoms with Gasteiger partial charge in [-0.05, 0) is 19.4 Å². The number of hydrazone groups is 1. The number of rotatable bonds is 4. The maximum absolute atomic E-state index is 11.0. The van der Waals surface area contributed by atoms with E-state index in [-0.39, 0.29) is 0 Å². The van der Waals surface area contributed by atoms with Crippen molar-refractivity contribution in [2.75, 3.05) is 6.61 Å². The van der Waals surface area contributed by atoms with Crippen molar-refractivity contribution in [3.8, 4) is 0 Å². The summed E-state index contributed by atoms with van der Waals surface area (Å²) >= 11 is 0. The smallest absolute Gasteiger partial charge is 0.427 e. The molecule has 86 valence electrons. The summed E-state index contributed by atoms with van der Waals surface area (Å²) < 4.78 is 4.69. The van der Waals surface area contributed by atoms with E-state index in [1.54, 1.807) is 6.92 Å². The molecule has 4 nitrogen and oxygen atoms in total. The summed E-state index contributed by atoms with van der Waals surface area (Å²) in [6, 6.07) is 9.95. The third-order valence-electron chi connectivity index (χ3n) is 1.92. The molecule has 0 aliphatic carbocycles. The standard InChI is InChI=1S/C12H16N2O2/c1-3-16-12(15)14-13-10(2)9-11-7-5-4-6-8-11/h4-8H,3,9H2,1-2H3,(H,14,15)/b13-10+. The Morgan fingerprint density at radius 1 is 1.38 bits per heavy atom. The molecule has 0 atom stereocenters. The van der Waals surface area contributed by atoms with Crippen molar-refractivity contribution in [2.45, 2.75) is 20.3 Å². The van der Waals surface area contributed by atoms with Gasteiger partial charge < -0.3 is 4.74 Å². The zero-order valence-electron chi connectivity index (χ0n) is 9.56. The van der Waals surface area contributed by atoms with Gasteiger partial charge in [0.15, 0.2) is 0 Å². The van der Waals surface area contributed by atoms with E-state index < -0.39 is 6.09 Å². The molecular formula is C12H16N2O2. The predicted molar refractivity (Wildman–Crippen MR) is 63.4 cm³/mol. The highest BCUT2D eigenvalue weighted by Crippen LogP contribution is 2.00. The quantitative estimate of drug-likeness (QED) is 0.625. The first-order valence-electron chi connectivity index (χ1n) is 5.22. The summed E-state index contributed by atoms with van der Waals surface area (Å²) in [6.07, 6.45) is 0.197. The molecule has 0 saturated carbocycles. The molecule has 0 aromatic heterocycles. The van der Waals surface area contributed by atoms with Crippen LogP contribution in [0, 0.1) is 0 Å². The SMILES string of the molecule is CCOC(=O)N/N=C(\C)Cc1ccccc1. The molecule has 0 heterocycles. The fraction of sp³-hybridized carbons (Fsp3) is 0.333. The van der Waals surface area contributed by atoms with Gasteiger partial charge in [-0.1, -0.05) is 30.3 Å². The molecule has 1 aromatic carbocycles. The van der Waals surface area contributed by atoms with Gasteiger partial charge in [0.2, 0.25) is 0 Å². The zero-order valence-corrected chi connectivity index (χ0v) is 9.56. The molecule has 0 fully saturated rings. The Balaban J connectivity index is 2.43. The zero-order chi connectivity index (χ0) is 11.8. The van der Waals surface area contributed by atoms with Crippen LogP contribution in [0.1, 0.15) is 19.4 Å². The Labute approximate surface area is 95.3 Å². The predicted octanol–water partition coefficient (Wildman–Crippen LogP) is 2.35. The number of hydrogen-bond acceptors (Lipinski definition) is 3. The molecular weight excluding hydrogens is 204 g/mol. The molecule has 16 heavy (non-hydrogen) atoms. The summed E-state index contributed by atoms with van der Waals surface area (Å²) in [5, 5.41) is 3.93. The third kappa shape index (κ3) is 4.59. The maximum atomic E-state index is 11.0. The van der Waals surface area contributed by atoms with E-state index in [1.165, 1.54) is 0 Å². The molecule has 1 amide bonds. The van der Waals surface area contributed by atoms with Crippen LogP contribution in [0.25, 0.3) is 0 Å². The van der Waals surface area contributed by atoms with Gasteiger partial charge >= 0.3 is 6.09 Å². The van der Waals surface area contributed by atoms with E-state index >= 15 is 0 Å². The van der Waals surface area contributed by atoms with Gasteiger partial charge in [0.1, 0.15) is 0 Å². The molecule has 1 N–H and O–H groups in total. The second-order valence-electron chi connectivity index (χ2n) is 3.34. The van der Waals surface area contributed by atoms with E-state index in [1.807, 2.05) is 37.3 Å². The fourth-order valence-electron chi connectivity index (χ4n) is 1.24. The lowest BCUT2D eigenvalue weighted by molar-refractivity contribution is 0.152. The van der Waals surface area contributed by atoms with Crippen LogP contribution in [-0.4, -0.2) is 18.4 Å². The van der Waals surface area contributed by atoms with Crippen molar-refractivity contribution in [3.63, 3.8) is 0 Å². The Bertz CT molecular complexity index is 361. The van der Waals surface area contributed by atoms with Gasteiger partial charge in [0, 0.05) is 12.1 Å². The molecule has 0 spiro atoms. The number of amides is 1. The van der Waals surface area contributed by atoms with Gasteiger partial charge in [-0.25, -0.2) is 10.2 Å². The van der Waals surface area contributed by atoms with Crippen molar-refractivity contribution < 1.29 is 9.53 Å². The van der Waals surface area contributed by atoms with Crippen LogP contribution >= 0.6 is 0 Å². The normalized spacial score (nSPS) is 11.0. The number of carbonyl (C=O) groups is 1. The maximum Gasteiger partial charge on any atom is 0.427 e. The minimum atomic E-state index is -0.519. The third-order valence-corrected chi connectivity index (χ3v) is 1.92. The van der Waals surface area contributed by atoms with E-state index in [2.05, 4.69) is 15.3 Å². The molecule has 0 radical (unpaired) electrons. The lowest BCUT2D eigenvalue weighted by Crippen LogP contribution is -2.20. The average molecular weight is 220 g/mol. The second kappa shape index (κ2) is 6.61. The molecule has 0 saturated heterocycles. The number of ether oxygens (including phenoxy) is 1. The fourth-order valence-corrected chi connectivity index (χ4v) is 1.24. The van der Waals surface area contributed by atoms with Gasteiger partial charge in [-0.15, -0.1) is 0 Å². The molecule has 0 aliphatic rings. The monoisotopic (exact) mass is 220 g/mol. The largest absolute Gasteiger partial charge is 0.449 e. The van der Waals surface area contributed by atoms with Crippen molar-refractivity contribution in [2.24, 2.45) is 5.10 Å². The minimum absolute atomic E-state index is 0.346.